The lowest BCUT2D eigenvalue weighted by Gasteiger charge is -2.19. The number of amides is 2. The Bertz CT molecular complexity index is 536. The molecule has 2 heterocycles. The number of nitrogens with zero attached hydrogens (tertiary/aromatic N) is 2. The Morgan fingerprint density at radius 1 is 1.22 bits per heavy atom. The van der Waals surface area contributed by atoms with Gasteiger partial charge in [0, 0.05) is 42.4 Å². The Morgan fingerprint density at radius 2 is 2.00 bits per heavy atom. The van der Waals surface area contributed by atoms with Crippen molar-refractivity contribution in [3.63, 3.8) is 0 Å². The van der Waals surface area contributed by atoms with Crippen molar-refractivity contribution < 1.29 is 4.79 Å². The summed E-state index contributed by atoms with van der Waals surface area (Å²) in [5.41, 5.74) is 1.26. The zero-order valence-electron chi connectivity index (χ0n) is 13.6. The maximum atomic E-state index is 12.0. The van der Waals surface area contributed by atoms with Gasteiger partial charge in [0.15, 0.2) is 0 Å². The second-order valence-corrected chi connectivity index (χ2v) is 7.60. The molecule has 2 fully saturated rings. The number of carbonyl (C=O) groups is 1. The summed E-state index contributed by atoms with van der Waals surface area (Å²) in [6.45, 7) is 4.84. The number of benzene rings is 1. The molecule has 2 atom stereocenters. The highest BCUT2D eigenvalue weighted by Gasteiger charge is 2.24. The van der Waals surface area contributed by atoms with Crippen LogP contribution in [0.15, 0.2) is 28.7 Å². The molecule has 1 aromatic rings. The molecule has 6 heteroatoms. The van der Waals surface area contributed by atoms with Crippen LogP contribution in [-0.4, -0.2) is 56.7 Å². The van der Waals surface area contributed by atoms with Gasteiger partial charge in [-0.25, -0.2) is 4.79 Å². The number of likely N-dealkylation sites (tertiary alicyclic amines) is 1. The molecule has 2 aliphatic rings. The number of rotatable bonds is 4. The summed E-state index contributed by atoms with van der Waals surface area (Å²) in [6, 6.07) is 8.71. The standard InChI is InChI=1S/C17H25BrN4O/c1-21-8-7-15(12-21)20-17(23)19-10-13-6-9-22(11-13)16-4-2-14(18)3-5-16/h2-5,13,15H,6-12H2,1H3,(H2,19,20,23)/t13-,15-/m1/s1. The van der Waals surface area contributed by atoms with Crippen molar-refractivity contribution >= 4 is 27.6 Å². The number of carbonyl (C=O) groups excluding carboxylic acids is 1. The van der Waals surface area contributed by atoms with Gasteiger partial charge in [0.1, 0.15) is 0 Å². The lowest BCUT2D eigenvalue weighted by molar-refractivity contribution is 0.235. The third kappa shape index (κ3) is 4.61. The molecule has 0 bridgehead atoms. The molecule has 0 radical (unpaired) electrons. The van der Waals surface area contributed by atoms with Gasteiger partial charge in [-0.05, 0) is 56.6 Å². The van der Waals surface area contributed by atoms with E-state index in [1.165, 1.54) is 5.69 Å². The van der Waals surface area contributed by atoms with Gasteiger partial charge < -0.3 is 20.4 Å². The van der Waals surface area contributed by atoms with Crippen molar-refractivity contribution in [2.24, 2.45) is 5.92 Å². The summed E-state index contributed by atoms with van der Waals surface area (Å²) < 4.78 is 1.10. The summed E-state index contributed by atoms with van der Waals surface area (Å²) in [7, 11) is 2.09. The highest BCUT2D eigenvalue weighted by molar-refractivity contribution is 9.10. The Balaban J connectivity index is 1.40. The zero-order valence-corrected chi connectivity index (χ0v) is 15.2. The van der Waals surface area contributed by atoms with Crippen LogP contribution in [0.3, 0.4) is 0 Å². The Hall–Kier alpha value is -1.27. The van der Waals surface area contributed by atoms with Gasteiger partial charge in [0.05, 0.1) is 0 Å². The first kappa shape index (κ1) is 16.6. The minimum Gasteiger partial charge on any atom is -0.371 e. The van der Waals surface area contributed by atoms with Gasteiger partial charge in [-0.1, -0.05) is 15.9 Å². The quantitative estimate of drug-likeness (QED) is 0.842. The highest BCUT2D eigenvalue weighted by Crippen LogP contribution is 2.24. The molecule has 5 nitrogen and oxygen atoms in total. The number of anilines is 1. The first-order valence-corrected chi connectivity index (χ1v) is 9.13. The van der Waals surface area contributed by atoms with Gasteiger partial charge in [0.2, 0.25) is 0 Å². The molecule has 1 aromatic carbocycles. The van der Waals surface area contributed by atoms with Gasteiger partial charge in [0.25, 0.3) is 0 Å². The molecule has 0 spiro atoms. The third-order valence-corrected chi connectivity index (χ3v) is 5.28. The number of urea groups is 1. The van der Waals surface area contributed by atoms with E-state index in [0.29, 0.717) is 12.0 Å². The molecule has 2 N–H and O–H groups in total. The molecule has 0 aliphatic carbocycles. The maximum Gasteiger partial charge on any atom is 0.315 e. The van der Waals surface area contributed by atoms with Crippen LogP contribution in [0.2, 0.25) is 0 Å². The summed E-state index contributed by atoms with van der Waals surface area (Å²) in [5.74, 6) is 0.524. The van der Waals surface area contributed by atoms with Gasteiger partial charge in [-0.2, -0.15) is 0 Å². The molecular formula is C17H25BrN4O. The molecule has 0 saturated carbocycles. The van der Waals surface area contributed by atoms with Gasteiger partial charge in [-0.15, -0.1) is 0 Å². The smallest absolute Gasteiger partial charge is 0.315 e. The number of likely N-dealkylation sites (N-methyl/N-ethyl adjacent to an activating group) is 1. The molecule has 0 unspecified atom stereocenters. The molecule has 2 amide bonds. The van der Waals surface area contributed by atoms with Gasteiger partial charge >= 0.3 is 6.03 Å². The van der Waals surface area contributed by atoms with Crippen molar-refractivity contribution in [2.75, 3.05) is 44.7 Å². The SMILES string of the molecule is CN1CC[C@@H](NC(=O)NC[C@H]2CCN(c3ccc(Br)cc3)C2)C1. The van der Waals surface area contributed by atoms with Crippen LogP contribution in [0.1, 0.15) is 12.8 Å². The molecular weight excluding hydrogens is 356 g/mol. The van der Waals surface area contributed by atoms with Crippen molar-refractivity contribution in [3.05, 3.63) is 28.7 Å². The van der Waals surface area contributed by atoms with E-state index in [9.17, 15) is 4.79 Å². The van der Waals surface area contributed by atoms with Crippen molar-refractivity contribution in [3.8, 4) is 0 Å². The van der Waals surface area contributed by atoms with Crippen LogP contribution >= 0.6 is 15.9 Å². The van der Waals surface area contributed by atoms with E-state index in [2.05, 4.69) is 67.7 Å². The summed E-state index contributed by atoms with van der Waals surface area (Å²) in [4.78, 5) is 16.6. The molecule has 2 aliphatic heterocycles. The van der Waals surface area contributed by atoms with E-state index < -0.39 is 0 Å². The van der Waals surface area contributed by atoms with E-state index in [4.69, 9.17) is 0 Å². The van der Waals surface area contributed by atoms with Gasteiger partial charge in [-0.3, -0.25) is 0 Å². The maximum absolute atomic E-state index is 12.0. The van der Waals surface area contributed by atoms with E-state index >= 15 is 0 Å². The van der Waals surface area contributed by atoms with Crippen molar-refractivity contribution in [1.82, 2.24) is 15.5 Å². The Labute approximate surface area is 146 Å². The molecule has 2 saturated heterocycles. The Kier molecular flexibility index (Phi) is 5.43. The van der Waals surface area contributed by atoms with E-state index in [1.807, 2.05) is 0 Å². The van der Waals surface area contributed by atoms with Crippen LogP contribution in [0.5, 0.6) is 0 Å². The second kappa shape index (κ2) is 7.53. The third-order valence-electron chi connectivity index (χ3n) is 4.76. The fourth-order valence-corrected chi connectivity index (χ4v) is 3.68. The summed E-state index contributed by atoms with van der Waals surface area (Å²) in [5, 5.41) is 6.12. The lowest BCUT2D eigenvalue weighted by Crippen LogP contribution is -2.44. The van der Waals surface area contributed by atoms with E-state index in [1.54, 1.807) is 0 Å². The van der Waals surface area contributed by atoms with Crippen LogP contribution in [-0.2, 0) is 0 Å². The number of halogens is 1. The van der Waals surface area contributed by atoms with Crippen LogP contribution in [0, 0.1) is 5.92 Å². The molecule has 23 heavy (non-hydrogen) atoms. The molecule has 126 valence electrons. The first-order valence-electron chi connectivity index (χ1n) is 8.33. The minimum absolute atomic E-state index is 0.0209. The minimum atomic E-state index is -0.0209. The largest absolute Gasteiger partial charge is 0.371 e. The topological polar surface area (TPSA) is 47.6 Å². The van der Waals surface area contributed by atoms with Crippen molar-refractivity contribution in [1.29, 1.82) is 0 Å². The average Bonchev–Trinajstić information content (AvgIpc) is 3.15. The number of hydrogen-bond donors (Lipinski definition) is 2. The van der Waals surface area contributed by atoms with Crippen LogP contribution < -0.4 is 15.5 Å². The highest BCUT2D eigenvalue weighted by atomic mass is 79.9. The summed E-state index contributed by atoms with van der Waals surface area (Å²) >= 11 is 3.47. The number of nitrogens with one attached hydrogen (secondary N) is 2. The predicted octanol–water partition coefficient (Wildman–Crippen LogP) is 2.28. The van der Waals surface area contributed by atoms with Crippen LogP contribution in [0.4, 0.5) is 10.5 Å². The fraction of sp³-hybridized carbons (Fsp3) is 0.588. The average molecular weight is 381 g/mol. The summed E-state index contributed by atoms with van der Waals surface area (Å²) in [6.07, 6.45) is 2.17. The molecule has 3 rings (SSSR count). The lowest BCUT2D eigenvalue weighted by atomic mass is 10.1. The fourth-order valence-electron chi connectivity index (χ4n) is 3.41. The van der Waals surface area contributed by atoms with Crippen molar-refractivity contribution in [2.45, 2.75) is 18.9 Å². The normalized spacial score (nSPS) is 24.9. The Morgan fingerprint density at radius 3 is 2.70 bits per heavy atom. The zero-order chi connectivity index (χ0) is 16.2. The number of hydrogen-bond acceptors (Lipinski definition) is 3. The van der Waals surface area contributed by atoms with E-state index in [0.717, 1.165) is 50.0 Å². The first-order chi connectivity index (χ1) is 11.1. The monoisotopic (exact) mass is 380 g/mol. The second-order valence-electron chi connectivity index (χ2n) is 6.68. The molecule has 0 aromatic heterocycles. The predicted molar refractivity (Wildman–Crippen MR) is 96.9 cm³/mol. The van der Waals surface area contributed by atoms with Crippen LogP contribution in [0.25, 0.3) is 0 Å². The van der Waals surface area contributed by atoms with E-state index in [-0.39, 0.29) is 6.03 Å².